The molecule has 0 saturated carbocycles. The van der Waals surface area contributed by atoms with Crippen LogP contribution in [0.15, 0.2) is 42.5 Å². The number of carbonyl (C=O) groups excluding carboxylic acids is 1. The van der Waals surface area contributed by atoms with Crippen molar-refractivity contribution < 1.29 is 9.53 Å². The number of hydrogen-bond donors (Lipinski definition) is 1. The van der Waals surface area contributed by atoms with Crippen LogP contribution in [0.4, 0.5) is 5.69 Å². The number of hydrogen-bond acceptors (Lipinski definition) is 4. The van der Waals surface area contributed by atoms with Gasteiger partial charge in [-0.15, -0.1) is 0 Å². The number of piperazine rings is 1. The van der Waals surface area contributed by atoms with Crippen LogP contribution in [0, 0.1) is 13.8 Å². The number of rotatable bonds is 6. The van der Waals surface area contributed by atoms with Crippen LogP contribution in [0.25, 0.3) is 0 Å². The summed E-state index contributed by atoms with van der Waals surface area (Å²) < 4.78 is 5.47. The number of anilines is 1. The second kappa shape index (κ2) is 9.11. The Hall–Kier alpha value is -2.53. The average Bonchev–Trinajstić information content (AvgIpc) is 2.70. The summed E-state index contributed by atoms with van der Waals surface area (Å²) in [7, 11) is 1.70. The van der Waals surface area contributed by atoms with Crippen LogP contribution in [0.5, 0.6) is 5.75 Å². The van der Waals surface area contributed by atoms with E-state index in [9.17, 15) is 4.79 Å². The quantitative estimate of drug-likeness (QED) is 0.834. The third kappa shape index (κ3) is 4.84. The van der Waals surface area contributed by atoms with E-state index in [2.05, 4.69) is 53.2 Å². The molecule has 3 rings (SSSR count). The third-order valence-corrected chi connectivity index (χ3v) is 5.57. The fourth-order valence-electron chi connectivity index (χ4n) is 3.65. The largest absolute Gasteiger partial charge is 0.495 e. The summed E-state index contributed by atoms with van der Waals surface area (Å²) >= 11 is 0. The van der Waals surface area contributed by atoms with E-state index in [0.29, 0.717) is 6.54 Å². The predicted octanol–water partition coefficient (Wildman–Crippen LogP) is 3.31. The minimum atomic E-state index is 0.0154. The van der Waals surface area contributed by atoms with E-state index >= 15 is 0 Å². The molecule has 0 unspecified atom stereocenters. The average molecular weight is 382 g/mol. The van der Waals surface area contributed by atoms with Gasteiger partial charge in [-0.1, -0.05) is 30.3 Å². The predicted molar refractivity (Wildman–Crippen MR) is 114 cm³/mol. The normalized spacial score (nSPS) is 15.9. The zero-order valence-electron chi connectivity index (χ0n) is 17.4. The number of aryl methyl sites for hydroxylation is 2. The molecule has 0 spiro atoms. The molecule has 0 aromatic heterocycles. The van der Waals surface area contributed by atoms with Crippen molar-refractivity contribution in [3.8, 4) is 5.75 Å². The summed E-state index contributed by atoms with van der Waals surface area (Å²) in [5.41, 5.74) is 4.80. The molecule has 0 aliphatic carbocycles. The van der Waals surface area contributed by atoms with Gasteiger partial charge in [-0.3, -0.25) is 9.69 Å². The molecule has 1 fully saturated rings. The zero-order chi connectivity index (χ0) is 20.1. The van der Waals surface area contributed by atoms with Gasteiger partial charge in [0.15, 0.2) is 0 Å². The van der Waals surface area contributed by atoms with Crippen molar-refractivity contribution in [2.24, 2.45) is 0 Å². The number of methoxy groups -OCH3 is 1. The number of para-hydroxylation sites is 2. The molecule has 5 nitrogen and oxygen atoms in total. The van der Waals surface area contributed by atoms with Crippen molar-refractivity contribution >= 4 is 11.6 Å². The van der Waals surface area contributed by atoms with Crippen LogP contribution in [-0.2, 0) is 4.79 Å². The van der Waals surface area contributed by atoms with E-state index in [1.54, 1.807) is 7.11 Å². The molecule has 150 valence electrons. The first-order valence-electron chi connectivity index (χ1n) is 9.94. The van der Waals surface area contributed by atoms with Crippen molar-refractivity contribution in [1.29, 1.82) is 0 Å². The van der Waals surface area contributed by atoms with Gasteiger partial charge in [-0.2, -0.15) is 0 Å². The Morgan fingerprint density at radius 3 is 2.46 bits per heavy atom. The van der Waals surface area contributed by atoms with Gasteiger partial charge in [0.25, 0.3) is 0 Å². The molecule has 2 aromatic rings. The van der Waals surface area contributed by atoms with Gasteiger partial charge in [0.1, 0.15) is 5.75 Å². The number of nitrogens with zero attached hydrogens (tertiary/aromatic N) is 2. The zero-order valence-corrected chi connectivity index (χ0v) is 17.4. The first-order chi connectivity index (χ1) is 13.5. The molecule has 1 N–H and O–H groups in total. The number of carbonyl (C=O) groups is 1. The highest BCUT2D eigenvalue weighted by molar-refractivity contribution is 5.78. The Kier molecular flexibility index (Phi) is 6.57. The Labute approximate surface area is 168 Å². The molecule has 1 heterocycles. The molecule has 5 heteroatoms. The van der Waals surface area contributed by atoms with Crippen LogP contribution in [0.2, 0.25) is 0 Å². The van der Waals surface area contributed by atoms with E-state index in [4.69, 9.17) is 4.74 Å². The molecule has 28 heavy (non-hydrogen) atoms. The number of benzene rings is 2. The van der Waals surface area contributed by atoms with Crippen LogP contribution in [-0.4, -0.2) is 50.6 Å². The lowest BCUT2D eigenvalue weighted by molar-refractivity contribution is -0.123. The van der Waals surface area contributed by atoms with Gasteiger partial charge in [-0.25, -0.2) is 0 Å². The SMILES string of the molecule is COc1ccccc1N1CCN(CC(=O)N[C@H](C)c2ccc(C)c(C)c2)CC1. The minimum Gasteiger partial charge on any atom is -0.495 e. The Balaban J connectivity index is 1.50. The van der Waals surface area contributed by atoms with E-state index in [1.807, 2.05) is 25.1 Å². The maximum Gasteiger partial charge on any atom is 0.234 e. The van der Waals surface area contributed by atoms with Crippen molar-refractivity contribution in [3.63, 3.8) is 0 Å². The highest BCUT2D eigenvalue weighted by Crippen LogP contribution is 2.28. The summed E-state index contributed by atoms with van der Waals surface area (Å²) in [6, 6.07) is 14.5. The lowest BCUT2D eigenvalue weighted by Gasteiger charge is -2.36. The van der Waals surface area contributed by atoms with Crippen LogP contribution in [0.3, 0.4) is 0 Å². The van der Waals surface area contributed by atoms with Crippen LogP contribution in [0.1, 0.15) is 29.7 Å². The maximum absolute atomic E-state index is 12.5. The smallest absolute Gasteiger partial charge is 0.234 e. The van der Waals surface area contributed by atoms with Gasteiger partial charge in [0, 0.05) is 26.2 Å². The van der Waals surface area contributed by atoms with Crippen LogP contribution < -0.4 is 15.0 Å². The Morgan fingerprint density at radius 2 is 1.79 bits per heavy atom. The van der Waals surface area contributed by atoms with Gasteiger partial charge >= 0.3 is 0 Å². The van der Waals surface area contributed by atoms with E-state index in [-0.39, 0.29) is 11.9 Å². The summed E-state index contributed by atoms with van der Waals surface area (Å²) in [6.45, 7) is 10.2. The second-order valence-corrected chi connectivity index (χ2v) is 7.57. The highest BCUT2D eigenvalue weighted by atomic mass is 16.5. The molecule has 1 aliphatic heterocycles. The molecule has 0 radical (unpaired) electrons. The summed E-state index contributed by atoms with van der Waals surface area (Å²) in [6.07, 6.45) is 0. The van der Waals surface area contributed by atoms with E-state index in [1.165, 1.54) is 11.1 Å². The number of amides is 1. The van der Waals surface area contributed by atoms with Gasteiger partial charge in [-0.05, 0) is 49.6 Å². The summed E-state index contributed by atoms with van der Waals surface area (Å²) in [4.78, 5) is 17.1. The topological polar surface area (TPSA) is 44.8 Å². The van der Waals surface area contributed by atoms with Crippen molar-refractivity contribution in [1.82, 2.24) is 10.2 Å². The molecule has 1 aliphatic rings. The minimum absolute atomic E-state index is 0.0154. The molecule has 1 saturated heterocycles. The third-order valence-electron chi connectivity index (χ3n) is 5.57. The maximum atomic E-state index is 12.5. The lowest BCUT2D eigenvalue weighted by Crippen LogP contribution is -2.49. The van der Waals surface area contributed by atoms with Crippen LogP contribution >= 0.6 is 0 Å². The molecule has 1 atom stereocenters. The van der Waals surface area contributed by atoms with Crippen molar-refractivity contribution in [3.05, 3.63) is 59.2 Å². The Morgan fingerprint density at radius 1 is 1.07 bits per heavy atom. The second-order valence-electron chi connectivity index (χ2n) is 7.57. The molecule has 0 bridgehead atoms. The van der Waals surface area contributed by atoms with E-state index < -0.39 is 0 Å². The first kappa shape index (κ1) is 20.2. The lowest BCUT2D eigenvalue weighted by atomic mass is 10.0. The highest BCUT2D eigenvalue weighted by Gasteiger charge is 2.21. The molecular weight excluding hydrogens is 350 g/mol. The fourth-order valence-corrected chi connectivity index (χ4v) is 3.65. The molecule has 2 aromatic carbocycles. The fraction of sp³-hybridized carbons (Fsp3) is 0.435. The first-order valence-corrected chi connectivity index (χ1v) is 9.94. The van der Waals surface area contributed by atoms with Gasteiger partial charge in [0.2, 0.25) is 5.91 Å². The van der Waals surface area contributed by atoms with Crippen molar-refractivity contribution in [2.75, 3.05) is 44.7 Å². The number of nitrogens with one attached hydrogen (secondary N) is 1. The van der Waals surface area contributed by atoms with Gasteiger partial charge < -0.3 is 15.0 Å². The standard InChI is InChI=1S/C23H31N3O2/c1-17-9-10-20(15-18(17)2)19(3)24-23(27)16-25-11-13-26(14-12-25)21-7-5-6-8-22(21)28-4/h5-10,15,19H,11-14,16H2,1-4H3,(H,24,27)/t19-/m1/s1. The Bertz CT molecular complexity index is 813. The molecular formula is C23H31N3O2. The summed E-state index contributed by atoms with van der Waals surface area (Å²) in [5, 5.41) is 3.14. The summed E-state index contributed by atoms with van der Waals surface area (Å²) in [5.74, 6) is 0.979. The molecule has 1 amide bonds. The van der Waals surface area contributed by atoms with Crippen molar-refractivity contribution in [2.45, 2.75) is 26.8 Å². The van der Waals surface area contributed by atoms with Gasteiger partial charge in [0.05, 0.1) is 25.4 Å². The number of ether oxygens (including phenoxy) is 1. The van der Waals surface area contributed by atoms with E-state index in [0.717, 1.165) is 43.2 Å². The monoisotopic (exact) mass is 381 g/mol.